The summed E-state index contributed by atoms with van der Waals surface area (Å²) in [5.41, 5.74) is 0.989. The van der Waals surface area contributed by atoms with Gasteiger partial charge in [-0.15, -0.1) is 11.3 Å². The van der Waals surface area contributed by atoms with Crippen LogP contribution in [0, 0.1) is 0 Å². The maximum absolute atomic E-state index is 13.1. The zero-order chi connectivity index (χ0) is 18.8. The second kappa shape index (κ2) is 7.48. The van der Waals surface area contributed by atoms with Crippen LogP contribution in [0.1, 0.15) is 28.2 Å². The van der Waals surface area contributed by atoms with Gasteiger partial charge in [0, 0.05) is 31.1 Å². The molecule has 0 spiro atoms. The molecule has 7 nitrogen and oxygen atoms in total. The van der Waals surface area contributed by atoms with Gasteiger partial charge in [0.1, 0.15) is 12.6 Å². The van der Waals surface area contributed by atoms with Gasteiger partial charge < -0.3 is 15.1 Å². The molecule has 1 N–H and O–H groups in total. The zero-order valence-electron chi connectivity index (χ0n) is 14.8. The Morgan fingerprint density at radius 2 is 2.15 bits per heavy atom. The fourth-order valence-electron chi connectivity index (χ4n) is 3.66. The van der Waals surface area contributed by atoms with E-state index in [0.717, 1.165) is 11.4 Å². The monoisotopic (exact) mass is 384 g/mol. The van der Waals surface area contributed by atoms with E-state index in [-0.39, 0.29) is 24.3 Å². The molecule has 8 heteroatoms. The standard InChI is InChI=1S/C19H20N4O3S/c24-16(20-8-7-17-21-9-11-27-17)12-23-14-5-2-1-4-13(14)18(25)22-10-3-6-15(22)19(23)26/h1-2,4-5,9,11,15H,3,6-8,10,12H2,(H,20,24)/t15-/m0/s1. The van der Waals surface area contributed by atoms with E-state index >= 15 is 0 Å². The summed E-state index contributed by atoms with van der Waals surface area (Å²) < 4.78 is 0. The van der Waals surface area contributed by atoms with Gasteiger partial charge in [0.15, 0.2) is 0 Å². The predicted molar refractivity (Wildman–Crippen MR) is 102 cm³/mol. The van der Waals surface area contributed by atoms with Crippen molar-refractivity contribution in [2.75, 3.05) is 24.5 Å². The van der Waals surface area contributed by atoms with Crippen LogP contribution in [0.3, 0.4) is 0 Å². The van der Waals surface area contributed by atoms with Crippen LogP contribution in [-0.2, 0) is 16.0 Å². The van der Waals surface area contributed by atoms with Crippen molar-refractivity contribution in [2.24, 2.45) is 0 Å². The highest BCUT2D eigenvalue weighted by molar-refractivity contribution is 7.09. The summed E-state index contributed by atoms with van der Waals surface area (Å²) in [7, 11) is 0. The Kier molecular flexibility index (Phi) is 4.89. The van der Waals surface area contributed by atoms with Crippen LogP contribution in [0.4, 0.5) is 5.69 Å². The average molecular weight is 384 g/mol. The van der Waals surface area contributed by atoms with E-state index in [1.54, 1.807) is 46.7 Å². The lowest BCUT2D eigenvalue weighted by Gasteiger charge is -2.25. The van der Waals surface area contributed by atoms with Crippen LogP contribution in [0.25, 0.3) is 0 Å². The van der Waals surface area contributed by atoms with Crippen LogP contribution in [0.15, 0.2) is 35.8 Å². The van der Waals surface area contributed by atoms with E-state index < -0.39 is 6.04 Å². The molecular formula is C19H20N4O3S. The highest BCUT2D eigenvalue weighted by Crippen LogP contribution is 2.32. The molecule has 2 aromatic rings. The van der Waals surface area contributed by atoms with Crippen LogP contribution in [0.5, 0.6) is 0 Å². The summed E-state index contributed by atoms with van der Waals surface area (Å²) in [6.45, 7) is 0.952. The maximum atomic E-state index is 13.1. The fourth-order valence-corrected chi connectivity index (χ4v) is 4.28. The molecule has 3 heterocycles. The van der Waals surface area contributed by atoms with E-state index in [0.29, 0.717) is 37.2 Å². The molecule has 1 atom stereocenters. The van der Waals surface area contributed by atoms with Crippen LogP contribution >= 0.6 is 11.3 Å². The molecule has 0 bridgehead atoms. The summed E-state index contributed by atoms with van der Waals surface area (Å²) in [4.78, 5) is 45.7. The number of hydrogen-bond donors (Lipinski definition) is 1. The number of rotatable bonds is 5. The van der Waals surface area contributed by atoms with Crippen molar-refractivity contribution >= 4 is 34.7 Å². The third-order valence-corrected chi connectivity index (χ3v) is 5.78. The van der Waals surface area contributed by atoms with Crippen molar-refractivity contribution in [1.29, 1.82) is 0 Å². The molecule has 1 aromatic heterocycles. The Bertz CT molecular complexity index is 868. The lowest BCUT2D eigenvalue weighted by atomic mass is 10.1. The van der Waals surface area contributed by atoms with Gasteiger partial charge in [-0.1, -0.05) is 12.1 Å². The van der Waals surface area contributed by atoms with E-state index in [4.69, 9.17) is 0 Å². The fraction of sp³-hybridized carbons (Fsp3) is 0.368. The molecule has 2 aliphatic heterocycles. The number of nitrogens with zero attached hydrogens (tertiary/aromatic N) is 3. The average Bonchev–Trinajstić information content (AvgIpc) is 3.35. The Hall–Kier alpha value is -2.74. The smallest absolute Gasteiger partial charge is 0.256 e. The van der Waals surface area contributed by atoms with Crippen molar-refractivity contribution in [3.8, 4) is 0 Å². The molecule has 3 amide bonds. The Labute approximate surface area is 161 Å². The van der Waals surface area contributed by atoms with Gasteiger partial charge in [0.05, 0.1) is 16.3 Å². The van der Waals surface area contributed by atoms with E-state index in [1.807, 2.05) is 5.38 Å². The molecule has 4 rings (SSSR count). The number of benzene rings is 1. The van der Waals surface area contributed by atoms with Crippen molar-refractivity contribution in [3.63, 3.8) is 0 Å². The first kappa shape index (κ1) is 17.7. The summed E-state index contributed by atoms with van der Waals surface area (Å²) in [6.07, 6.45) is 3.83. The molecule has 0 unspecified atom stereocenters. The van der Waals surface area contributed by atoms with Gasteiger partial charge in [-0.05, 0) is 25.0 Å². The Morgan fingerprint density at radius 1 is 1.30 bits per heavy atom. The first-order chi connectivity index (χ1) is 13.1. The quantitative estimate of drug-likeness (QED) is 0.846. The molecule has 0 saturated carbocycles. The van der Waals surface area contributed by atoms with Crippen LogP contribution < -0.4 is 10.2 Å². The second-order valence-corrected chi connectivity index (χ2v) is 7.60. The number of thiazole rings is 1. The molecule has 1 aromatic carbocycles. The maximum Gasteiger partial charge on any atom is 0.256 e. The largest absolute Gasteiger partial charge is 0.354 e. The van der Waals surface area contributed by atoms with E-state index in [1.165, 1.54) is 4.90 Å². The number of aromatic nitrogens is 1. The first-order valence-corrected chi connectivity index (χ1v) is 9.89. The minimum Gasteiger partial charge on any atom is -0.354 e. The lowest BCUT2D eigenvalue weighted by molar-refractivity contribution is -0.125. The van der Waals surface area contributed by atoms with E-state index in [9.17, 15) is 14.4 Å². The van der Waals surface area contributed by atoms with Crippen molar-refractivity contribution in [2.45, 2.75) is 25.3 Å². The number of anilines is 1. The normalized spacial score (nSPS) is 18.9. The first-order valence-electron chi connectivity index (χ1n) is 9.01. The second-order valence-electron chi connectivity index (χ2n) is 6.62. The minimum atomic E-state index is -0.479. The van der Waals surface area contributed by atoms with Gasteiger partial charge >= 0.3 is 0 Å². The van der Waals surface area contributed by atoms with Crippen molar-refractivity contribution < 1.29 is 14.4 Å². The zero-order valence-corrected chi connectivity index (χ0v) is 15.6. The SMILES string of the molecule is O=C(CN1C(=O)[C@@H]2CCCN2C(=O)c2ccccc21)NCCc1nccs1. The molecule has 27 heavy (non-hydrogen) atoms. The van der Waals surface area contributed by atoms with Gasteiger partial charge in [-0.2, -0.15) is 0 Å². The molecule has 0 radical (unpaired) electrons. The third-order valence-electron chi connectivity index (χ3n) is 4.94. The number of carbonyl (C=O) groups excluding carboxylic acids is 3. The van der Waals surface area contributed by atoms with Crippen LogP contribution in [-0.4, -0.2) is 53.3 Å². The minimum absolute atomic E-state index is 0.0919. The molecule has 0 aliphatic carbocycles. The summed E-state index contributed by atoms with van der Waals surface area (Å²) in [5, 5.41) is 5.70. The number of amides is 3. The van der Waals surface area contributed by atoms with Gasteiger partial charge in [0.2, 0.25) is 11.8 Å². The van der Waals surface area contributed by atoms with Crippen molar-refractivity contribution in [3.05, 3.63) is 46.4 Å². The third kappa shape index (κ3) is 3.44. The Balaban J connectivity index is 1.51. The topological polar surface area (TPSA) is 82.6 Å². The number of para-hydroxylation sites is 1. The van der Waals surface area contributed by atoms with Gasteiger partial charge in [-0.3, -0.25) is 14.4 Å². The molecular weight excluding hydrogens is 364 g/mol. The van der Waals surface area contributed by atoms with Gasteiger partial charge in [0.25, 0.3) is 5.91 Å². The summed E-state index contributed by atoms with van der Waals surface area (Å²) in [5.74, 6) is -0.553. The Morgan fingerprint density at radius 3 is 2.96 bits per heavy atom. The molecule has 2 aliphatic rings. The highest BCUT2D eigenvalue weighted by Gasteiger charge is 2.42. The summed E-state index contributed by atoms with van der Waals surface area (Å²) >= 11 is 1.54. The van der Waals surface area contributed by atoms with E-state index in [2.05, 4.69) is 10.3 Å². The lowest BCUT2D eigenvalue weighted by Crippen LogP contribution is -2.48. The predicted octanol–water partition coefficient (Wildman–Crippen LogP) is 1.45. The summed E-state index contributed by atoms with van der Waals surface area (Å²) in [6, 6.07) is 6.54. The molecule has 1 saturated heterocycles. The number of nitrogens with one attached hydrogen (secondary N) is 1. The number of carbonyl (C=O) groups is 3. The highest BCUT2D eigenvalue weighted by atomic mass is 32.1. The number of hydrogen-bond acceptors (Lipinski definition) is 5. The van der Waals surface area contributed by atoms with Gasteiger partial charge in [-0.25, -0.2) is 4.98 Å². The van der Waals surface area contributed by atoms with Crippen LogP contribution in [0.2, 0.25) is 0 Å². The molecule has 1 fully saturated rings. The van der Waals surface area contributed by atoms with Crippen molar-refractivity contribution in [1.82, 2.24) is 15.2 Å². The number of fused-ring (bicyclic) bond motifs is 2. The molecule has 140 valence electrons.